The van der Waals surface area contributed by atoms with Gasteiger partial charge in [-0.2, -0.15) is 39.5 Å². The maximum absolute atomic E-state index is 13.2. The Morgan fingerprint density at radius 1 is 0.870 bits per heavy atom. The molecule has 0 unspecified atom stereocenters. The van der Waals surface area contributed by atoms with Crippen molar-refractivity contribution >= 4 is 5.97 Å². The summed E-state index contributed by atoms with van der Waals surface area (Å²) in [7, 11) is 0. The van der Waals surface area contributed by atoms with Crippen LogP contribution in [0.4, 0.5) is 39.5 Å². The molecule has 0 aromatic rings. The van der Waals surface area contributed by atoms with Crippen LogP contribution in [0.3, 0.4) is 0 Å². The van der Waals surface area contributed by atoms with Crippen LogP contribution in [0, 0.1) is 0 Å². The monoisotopic (exact) mass is 362 g/mol. The van der Waals surface area contributed by atoms with Gasteiger partial charge >= 0.3 is 29.9 Å². The first kappa shape index (κ1) is 21.5. The number of halogens is 9. The molecule has 0 atom stereocenters. The van der Waals surface area contributed by atoms with Crippen molar-refractivity contribution in [2.75, 3.05) is 6.61 Å². The van der Waals surface area contributed by atoms with Crippen LogP contribution in [0.1, 0.15) is 19.3 Å². The minimum absolute atomic E-state index is 0.120. The van der Waals surface area contributed by atoms with Gasteiger partial charge in [-0.3, -0.25) is 0 Å². The van der Waals surface area contributed by atoms with Gasteiger partial charge in [0.15, 0.2) is 0 Å². The van der Waals surface area contributed by atoms with Crippen molar-refractivity contribution in [3.63, 3.8) is 0 Å². The summed E-state index contributed by atoms with van der Waals surface area (Å²) in [4.78, 5) is 10.6. The lowest BCUT2D eigenvalue weighted by Gasteiger charge is -2.32. The van der Waals surface area contributed by atoms with Crippen LogP contribution < -0.4 is 0 Å². The first-order valence-corrected chi connectivity index (χ1v) is 5.88. The topological polar surface area (TPSA) is 57.5 Å². The van der Waals surface area contributed by atoms with E-state index < -0.39 is 54.6 Å². The maximum atomic E-state index is 13.2. The molecule has 0 bridgehead atoms. The number of aliphatic hydroxyl groups excluding tert-OH is 1. The van der Waals surface area contributed by atoms with Crippen molar-refractivity contribution in [1.29, 1.82) is 0 Å². The van der Waals surface area contributed by atoms with Crippen molar-refractivity contribution in [3.8, 4) is 0 Å². The van der Waals surface area contributed by atoms with E-state index in [0.29, 0.717) is 0 Å². The predicted molar refractivity (Wildman–Crippen MR) is 57.6 cm³/mol. The van der Waals surface area contributed by atoms with E-state index in [2.05, 4.69) is 0 Å². The molecule has 0 aromatic carbocycles. The summed E-state index contributed by atoms with van der Waals surface area (Å²) < 4.78 is 113. The molecule has 0 spiro atoms. The predicted octanol–water partition coefficient (Wildman–Crippen LogP) is 3.63. The lowest BCUT2D eigenvalue weighted by atomic mass is 9.99. The smallest absolute Gasteiger partial charge is 0.460 e. The van der Waals surface area contributed by atoms with E-state index in [1.807, 2.05) is 0 Å². The van der Waals surface area contributed by atoms with Gasteiger partial charge in [-0.15, -0.1) is 0 Å². The van der Waals surface area contributed by atoms with E-state index in [4.69, 9.17) is 10.2 Å². The molecule has 0 heterocycles. The van der Waals surface area contributed by atoms with Crippen LogP contribution in [0.2, 0.25) is 0 Å². The van der Waals surface area contributed by atoms with Crippen molar-refractivity contribution < 1.29 is 54.5 Å². The quantitative estimate of drug-likeness (QED) is 0.394. The van der Waals surface area contributed by atoms with Crippen molar-refractivity contribution in [2.24, 2.45) is 0 Å². The summed E-state index contributed by atoms with van der Waals surface area (Å²) >= 11 is 0. The molecule has 0 rings (SSSR count). The molecule has 136 valence electrons. The third-order valence-corrected chi connectivity index (χ3v) is 2.65. The number of aliphatic hydroxyl groups is 1. The van der Waals surface area contributed by atoms with Gasteiger partial charge in [0.05, 0.1) is 0 Å². The molecular formula is C11H11F9O3. The molecular weight excluding hydrogens is 351 g/mol. The maximum Gasteiger partial charge on any atom is 0.460 e. The Morgan fingerprint density at radius 3 is 1.70 bits per heavy atom. The zero-order valence-corrected chi connectivity index (χ0v) is 11.1. The molecule has 0 aliphatic rings. The molecule has 0 aliphatic heterocycles. The lowest BCUT2D eigenvalue weighted by Crippen LogP contribution is -2.60. The van der Waals surface area contributed by atoms with E-state index in [-0.39, 0.29) is 12.8 Å². The van der Waals surface area contributed by atoms with Gasteiger partial charge in [0, 0.05) is 18.3 Å². The molecule has 0 saturated heterocycles. The van der Waals surface area contributed by atoms with Gasteiger partial charge in [-0.1, -0.05) is 0 Å². The fraction of sp³-hybridized carbons (Fsp3) is 0.727. The molecule has 0 saturated carbocycles. The van der Waals surface area contributed by atoms with E-state index in [1.165, 1.54) is 0 Å². The normalized spacial score (nSPS) is 15.0. The molecule has 0 fully saturated rings. The molecule has 3 nitrogen and oxygen atoms in total. The molecule has 0 aromatic heterocycles. The van der Waals surface area contributed by atoms with Crippen LogP contribution in [-0.4, -0.2) is 46.7 Å². The van der Waals surface area contributed by atoms with Crippen molar-refractivity contribution in [3.05, 3.63) is 11.6 Å². The first-order chi connectivity index (χ1) is 10.1. The van der Waals surface area contributed by atoms with E-state index in [0.717, 1.165) is 0 Å². The summed E-state index contributed by atoms with van der Waals surface area (Å²) in [5, 5.41) is 17.0. The zero-order valence-electron chi connectivity index (χ0n) is 11.1. The molecule has 2 N–H and O–H groups in total. The van der Waals surface area contributed by atoms with Crippen LogP contribution in [0.15, 0.2) is 11.6 Å². The van der Waals surface area contributed by atoms with Crippen LogP contribution in [-0.2, 0) is 4.79 Å². The average molecular weight is 362 g/mol. The Hall–Kier alpha value is -1.46. The summed E-state index contributed by atoms with van der Waals surface area (Å²) in [5.74, 6) is -22.2. The second-order valence-corrected chi connectivity index (χ2v) is 4.42. The van der Waals surface area contributed by atoms with E-state index in [9.17, 15) is 44.3 Å². The number of alkyl halides is 9. The van der Waals surface area contributed by atoms with Gasteiger partial charge in [0.25, 0.3) is 0 Å². The SMILES string of the molecule is O=C(O)C(=CC(F)(F)C(F)(F)C(F)(F)C(F)(F)F)CCCCO. The fourth-order valence-electron chi connectivity index (χ4n) is 1.36. The summed E-state index contributed by atoms with van der Waals surface area (Å²) in [6.45, 7) is -0.494. The van der Waals surface area contributed by atoms with Gasteiger partial charge < -0.3 is 10.2 Å². The van der Waals surface area contributed by atoms with Crippen LogP contribution in [0.5, 0.6) is 0 Å². The number of hydrogen-bond donors (Lipinski definition) is 2. The Bertz CT molecular complexity index is 454. The largest absolute Gasteiger partial charge is 0.478 e. The number of unbranched alkanes of at least 4 members (excludes halogenated alkanes) is 1. The third-order valence-electron chi connectivity index (χ3n) is 2.65. The number of carbonyl (C=O) groups is 1. The van der Waals surface area contributed by atoms with Crippen molar-refractivity contribution in [1.82, 2.24) is 0 Å². The minimum Gasteiger partial charge on any atom is -0.478 e. The number of carboxylic acid groups (broad SMARTS) is 1. The lowest BCUT2D eigenvalue weighted by molar-refractivity contribution is -0.388. The third kappa shape index (κ3) is 4.52. The summed E-state index contributed by atoms with van der Waals surface area (Å²) in [5.41, 5.74) is -1.47. The standard InChI is InChI=1S/C11H11F9O3/c12-8(13,5-6(7(22)23)3-1-2-4-21)9(14,15)10(16,17)11(18,19)20/h5,21H,1-4H2,(H,22,23). The van der Waals surface area contributed by atoms with Gasteiger partial charge in [0.1, 0.15) is 0 Å². The van der Waals surface area contributed by atoms with Gasteiger partial charge in [0.2, 0.25) is 0 Å². The highest BCUT2D eigenvalue weighted by molar-refractivity contribution is 5.86. The Balaban J connectivity index is 5.73. The highest BCUT2D eigenvalue weighted by Gasteiger charge is 2.81. The summed E-state index contributed by atoms with van der Waals surface area (Å²) in [6.07, 6.45) is -9.32. The number of rotatable bonds is 8. The van der Waals surface area contributed by atoms with Crippen LogP contribution in [0.25, 0.3) is 0 Å². The number of hydrogen-bond acceptors (Lipinski definition) is 2. The number of aliphatic carboxylic acids is 1. The molecule has 0 radical (unpaired) electrons. The molecule has 0 aliphatic carbocycles. The van der Waals surface area contributed by atoms with E-state index >= 15 is 0 Å². The fourth-order valence-corrected chi connectivity index (χ4v) is 1.36. The van der Waals surface area contributed by atoms with E-state index in [1.54, 1.807) is 0 Å². The average Bonchev–Trinajstić information content (AvgIpc) is 2.35. The van der Waals surface area contributed by atoms with Crippen molar-refractivity contribution in [2.45, 2.75) is 43.2 Å². The highest BCUT2D eigenvalue weighted by atomic mass is 19.4. The molecule has 12 heteroatoms. The van der Waals surface area contributed by atoms with Gasteiger partial charge in [-0.25, -0.2) is 4.79 Å². The molecule has 0 amide bonds. The number of allylic oxidation sites excluding steroid dienone is 1. The van der Waals surface area contributed by atoms with Crippen LogP contribution >= 0.6 is 0 Å². The highest BCUT2D eigenvalue weighted by Crippen LogP contribution is 2.53. The second-order valence-electron chi connectivity index (χ2n) is 4.42. The Kier molecular flexibility index (Phi) is 6.53. The zero-order chi connectivity index (χ0) is 18.7. The molecule has 23 heavy (non-hydrogen) atoms. The Morgan fingerprint density at radius 2 is 1.35 bits per heavy atom. The second kappa shape index (κ2) is 6.97. The summed E-state index contributed by atoms with van der Waals surface area (Å²) in [6, 6.07) is 0. The number of carboxylic acids is 1. The first-order valence-electron chi connectivity index (χ1n) is 5.88. The Labute approximate surface area is 123 Å². The van der Waals surface area contributed by atoms with Gasteiger partial charge in [-0.05, 0) is 19.3 Å². The minimum atomic E-state index is -7.07.